The van der Waals surface area contributed by atoms with Crippen LogP contribution in [0, 0.1) is 0 Å². The van der Waals surface area contributed by atoms with Crippen molar-refractivity contribution in [1.29, 1.82) is 0 Å². The molecule has 0 aliphatic heterocycles. The standard InChI is InChI=1S/C22H22N4O4S/c1-29-10-9-26-19-8-5-16(11-17(19)12-24-26)20-13-23-21(31-20)25(22(27)28)14-15-3-6-18(30-2)7-4-15/h3-8,11-13H,9-10,14H2,1-2H3,(H,27,28). The number of thiazole rings is 1. The molecule has 31 heavy (non-hydrogen) atoms. The number of methoxy groups -OCH3 is 2. The van der Waals surface area contributed by atoms with Crippen molar-refractivity contribution in [3.8, 4) is 16.2 Å². The zero-order chi connectivity index (χ0) is 21.8. The molecule has 2 aromatic carbocycles. The molecule has 0 unspecified atom stereocenters. The van der Waals surface area contributed by atoms with Crippen molar-refractivity contribution in [3.63, 3.8) is 0 Å². The molecule has 2 aromatic heterocycles. The zero-order valence-electron chi connectivity index (χ0n) is 17.2. The van der Waals surface area contributed by atoms with Crippen LogP contribution < -0.4 is 9.64 Å². The summed E-state index contributed by atoms with van der Waals surface area (Å²) in [5.41, 5.74) is 2.85. The smallest absolute Gasteiger partial charge is 0.413 e. The van der Waals surface area contributed by atoms with Crippen molar-refractivity contribution < 1.29 is 19.4 Å². The van der Waals surface area contributed by atoms with E-state index in [0.717, 1.165) is 32.7 Å². The van der Waals surface area contributed by atoms with Gasteiger partial charge in [-0.05, 0) is 35.4 Å². The van der Waals surface area contributed by atoms with Crippen LogP contribution in [0.2, 0.25) is 0 Å². The van der Waals surface area contributed by atoms with Crippen molar-refractivity contribution in [2.45, 2.75) is 13.1 Å². The van der Waals surface area contributed by atoms with Crippen LogP contribution >= 0.6 is 11.3 Å². The highest BCUT2D eigenvalue weighted by atomic mass is 32.1. The fraction of sp³-hybridized carbons (Fsp3) is 0.227. The largest absolute Gasteiger partial charge is 0.497 e. The minimum atomic E-state index is -1.05. The minimum Gasteiger partial charge on any atom is -0.497 e. The third-order valence-corrected chi connectivity index (χ3v) is 5.96. The number of hydrogen-bond donors (Lipinski definition) is 1. The molecule has 0 saturated heterocycles. The summed E-state index contributed by atoms with van der Waals surface area (Å²) in [5.74, 6) is 0.725. The molecule has 2 heterocycles. The van der Waals surface area contributed by atoms with E-state index in [0.29, 0.717) is 18.3 Å². The van der Waals surface area contributed by atoms with Gasteiger partial charge >= 0.3 is 6.09 Å². The second kappa shape index (κ2) is 9.15. The summed E-state index contributed by atoms with van der Waals surface area (Å²) in [6.07, 6.45) is 2.48. The average molecular weight is 439 g/mol. The van der Waals surface area contributed by atoms with Gasteiger partial charge in [0, 0.05) is 18.7 Å². The van der Waals surface area contributed by atoms with Crippen LogP contribution in [-0.4, -0.2) is 46.8 Å². The Labute approximate surface area is 183 Å². The lowest BCUT2D eigenvalue weighted by atomic mass is 10.1. The fourth-order valence-corrected chi connectivity index (χ4v) is 4.16. The number of benzene rings is 2. The van der Waals surface area contributed by atoms with Gasteiger partial charge in [0.15, 0.2) is 5.13 Å². The number of carboxylic acid groups (broad SMARTS) is 1. The summed E-state index contributed by atoms with van der Waals surface area (Å²) < 4.78 is 12.2. The lowest BCUT2D eigenvalue weighted by molar-refractivity contribution is 0.185. The Kier molecular flexibility index (Phi) is 6.15. The number of anilines is 1. The Morgan fingerprint density at radius 1 is 1.16 bits per heavy atom. The van der Waals surface area contributed by atoms with Gasteiger partial charge in [0.05, 0.1) is 43.4 Å². The fourth-order valence-electron chi connectivity index (χ4n) is 3.25. The topological polar surface area (TPSA) is 89.7 Å². The van der Waals surface area contributed by atoms with Crippen LogP contribution in [0.25, 0.3) is 21.3 Å². The van der Waals surface area contributed by atoms with E-state index >= 15 is 0 Å². The first-order valence-corrected chi connectivity index (χ1v) is 10.4. The molecular weight excluding hydrogens is 416 g/mol. The lowest BCUT2D eigenvalue weighted by Crippen LogP contribution is -2.28. The molecule has 0 radical (unpaired) electrons. The molecule has 0 bridgehead atoms. The van der Waals surface area contributed by atoms with Gasteiger partial charge in [0.1, 0.15) is 5.75 Å². The number of ether oxygens (including phenoxy) is 2. The number of aromatic nitrogens is 3. The number of nitrogens with zero attached hydrogens (tertiary/aromatic N) is 4. The molecule has 0 fully saturated rings. The van der Waals surface area contributed by atoms with E-state index in [1.807, 2.05) is 53.3 Å². The second-order valence-corrected chi connectivity index (χ2v) is 7.87. The highest BCUT2D eigenvalue weighted by Gasteiger charge is 2.19. The molecule has 0 aliphatic carbocycles. The SMILES string of the molecule is COCCn1ncc2cc(-c3cnc(N(Cc4ccc(OC)cc4)C(=O)O)s3)ccc21. The van der Waals surface area contributed by atoms with Gasteiger partial charge in [-0.2, -0.15) is 5.10 Å². The van der Waals surface area contributed by atoms with Crippen LogP contribution in [0.15, 0.2) is 54.9 Å². The predicted molar refractivity (Wildman–Crippen MR) is 120 cm³/mol. The van der Waals surface area contributed by atoms with Gasteiger partial charge in [0.2, 0.25) is 0 Å². The average Bonchev–Trinajstić information content (AvgIpc) is 3.43. The Balaban J connectivity index is 1.57. The molecule has 8 nitrogen and oxygen atoms in total. The first-order valence-electron chi connectivity index (χ1n) is 9.63. The number of fused-ring (bicyclic) bond motifs is 1. The van der Waals surface area contributed by atoms with Crippen molar-refractivity contribution in [1.82, 2.24) is 14.8 Å². The van der Waals surface area contributed by atoms with E-state index in [-0.39, 0.29) is 6.54 Å². The Hall–Kier alpha value is -3.43. The lowest BCUT2D eigenvalue weighted by Gasteiger charge is -2.16. The van der Waals surface area contributed by atoms with Crippen molar-refractivity contribution in [3.05, 3.63) is 60.4 Å². The normalized spacial score (nSPS) is 11.0. The van der Waals surface area contributed by atoms with E-state index in [1.165, 1.54) is 16.2 Å². The first kappa shape index (κ1) is 20.8. The quantitative estimate of drug-likeness (QED) is 0.436. The first-order chi connectivity index (χ1) is 15.1. The molecule has 1 amide bonds. The molecule has 0 saturated carbocycles. The zero-order valence-corrected chi connectivity index (χ0v) is 18.0. The highest BCUT2D eigenvalue weighted by Crippen LogP contribution is 2.33. The van der Waals surface area contributed by atoms with Crippen LogP contribution in [0.5, 0.6) is 5.75 Å². The van der Waals surface area contributed by atoms with E-state index in [1.54, 1.807) is 20.4 Å². The van der Waals surface area contributed by atoms with Crippen molar-refractivity contribution in [2.75, 3.05) is 25.7 Å². The molecular formula is C22H22N4O4S. The number of carbonyl (C=O) groups is 1. The molecule has 0 aliphatic rings. The maximum absolute atomic E-state index is 11.9. The summed E-state index contributed by atoms with van der Waals surface area (Å²) in [7, 11) is 3.26. The molecule has 0 spiro atoms. The molecule has 0 atom stereocenters. The number of rotatable bonds is 8. The second-order valence-electron chi connectivity index (χ2n) is 6.86. The molecule has 4 aromatic rings. The number of amides is 1. The minimum absolute atomic E-state index is 0.206. The van der Waals surface area contributed by atoms with Gasteiger partial charge in [-0.1, -0.05) is 29.5 Å². The van der Waals surface area contributed by atoms with Gasteiger partial charge < -0.3 is 14.6 Å². The van der Waals surface area contributed by atoms with Gasteiger partial charge in [-0.15, -0.1) is 0 Å². The summed E-state index contributed by atoms with van der Waals surface area (Å²) in [4.78, 5) is 18.4. The maximum atomic E-state index is 11.9. The molecule has 9 heteroatoms. The predicted octanol–water partition coefficient (Wildman–Crippen LogP) is 4.50. The van der Waals surface area contributed by atoms with Crippen LogP contribution in [0.4, 0.5) is 9.93 Å². The Morgan fingerprint density at radius 2 is 1.97 bits per heavy atom. The van der Waals surface area contributed by atoms with E-state index in [9.17, 15) is 9.90 Å². The third-order valence-electron chi connectivity index (χ3n) is 4.89. The summed E-state index contributed by atoms with van der Waals surface area (Å²) >= 11 is 1.34. The monoisotopic (exact) mass is 438 g/mol. The summed E-state index contributed by atoms with van der Waals surface area (Å²) in [5, 5.41) is 15.6. The van der Waals surface area contributed by atoms with E-state index in [4.69, 9.17) is 9.47 Å². The third kappa shape index (κ3) is 4.52. The summed E-state index contributed by atoms with van der Waals surface area (Å²) in [6.45, 7) is 1.48. The molecule has 1 N–H and O–H groups in total. The molecule has 4 rings (SSSR count). The number of hydrogen-bond acceptors (Lipinski definition) is 6. The van der Waals surface area contributed by atoms with Gasteiger partial charge in [0.25, 0.3) is 0 Å². The summed E-state index contributed by atoms with van der Waals surface area (Å²) in [6, 6.07) is 13.4. The molecule has 160 valence electrons. The highest BCUT2D eigenvalue weighted by molar-refractivity contribution is 7.19. The van der Waals surface area contributed by atoms with E-state index in [2.05, 4.69) is 10.1 Å². The van der Waals surface area contributed by atoms with Crippen LogP contribution in [0.3, 0.4) is 0 Å². The maximum Gasteiger partial charge on any atom is 0.413 e. The Bertz CT molecular complexity index is 1190. The van der Waals surface area contributed by atoms with Crippen molar-refractivity contribution >= 4 is 33.5 Å². The Morgan fingerprint density at radius 3 is 2.68 bits per heavy atom. The van der Waals surface area contributed by atoms with E-state index < -0.39 is 6.09 Å². The van der Waals surface area contributed by atoms with Gasteiger partial charge in [-0.25, -0.2) is 14.7 Å². The van der Waals surface area contributed by atoms with Crippen LogP contribution in [-0.2, 0) is 17.8 Å². The van der Waals surface area contributed by atoms with Crippen molar-refractivity contribution in [2.24, 2.45) is 0 Å². The van der Waals surface area contributed by atoms with Gasteiger partial charge in [-0.3, -0.25) is 4.68 Å². The van der Waals surface area contributed by atoms with Crippen LogP contribution in [0.1, 0.15) is 5.56 Å².